The molecule has 0 spiro atoms. The second-order valence-corrected chi connectivity index (χ2v) is 8.34. The fourth-order valence-electron chi connectivity index (χ4n) is 3.85. The number of nitrogens with zero attached hydrogens (tertiary/aromatic N) is 2. The van der Waals surface area contributed by atoms with Crippen molar-refractivity contribution in [3.05, 3.63) is 70.9 Å². The highest BCUT2D eigenvalue weighted by Gasteiger charge is 2.45. The number of aromatic nitrogens is 1. The second-order valence-electron chi connectivity index (χ2n) is 7.90. The van der Waals surface area contributed by atoms with E-state index in [2.05, 4.69) is 10.6 Å². The first-order valence-electron chi connectivity index (χ1n) is 9.95. The van der Waals surface area contributed by atoms with Crippen LogP contribution in [0.1, 0.15) is 23.0 Å². The maximum absolute atomic E-state index is 13.1. The standard InChI is InChI=1S/C23H23ClN4O3/c1-23(22(31)26-13-20(29)25-12-15-6-5-8-17(24)10-15)14-28-18-9-4-3-7-16(18)11-19(28)21(30)27(23)2/h3-11H,12-14H2,1-2H3,(H,25,29)(H,26,31). The topological polar surface area (TPSA) is 83.4 Å². The molecule has 2 heterocycles. The summed E-state index contributed by atoms with van der Waals surface area (Å²) in [5.41, 5.74) is 1.19. The van der Waals surface area contributed by atoms with Crippen LogP contribution in [-0.2, 0) is 22.7 Å². The van der Waals surface area contributed by atoms with Crippen molar-refractivity contribution in [2.45, 2.75) is 25.6 Å². The zero-order valence-corrected chi connectivity index (χ0v) is 18.1. The van der Waals surface area contributed by atoms with Gasteiger partial charge in [-0.05, 0) is 36.8 Å². The monoisotopic (exact) mass is 438 g/mol. The molecule has 3 aromatic rings. The van der Waals surface area contributed by atoms with Crippen LogP contribution in [0.2, 0.25) is 5.02 Å². The van der Waals surface area contributed by atoms with E-state index in [9.17, 15) is 14.4 Å². The Kier molecular flexibility index (Phi) is 5.45. The highest BCUT2D eigenvalue weighted by Crippen LogP contribution is 2.31. The number of rotatable bonds is 5. The highest BCUT2D eigenvalue weighted by atomic mass is 35.5. The Bertz CT molecular complexity index is 1190. The summed E-state index contributed by atoms with van der Waals surface area (Å²) in [4.78, 5) is 39.7. The van der Waals surface area contributed by atoms with Gasteiger partial charge < -0.3 is 20.1 Å². The molecule has 1 aliphatic rings. The Balaban J connectivity index is 1.44. The number of amides is 3. The number of nitrogens with one attached hydrogen (secondary N) is 2. The summed E-state index contributed by atoms with van der Waals surface area (Å²) in [5.74, 6) is -0.941. The van der Waals surface area contributed by atoms with Crippen LogP contribution in [-0.4, -0.2) is 46.3 Å². The van der Waals surface area contributed by atoms with Crippen LogP contribution in [0.4, 0.5) is 0 Å². The molecule has 0 bridgehead atoms. The van der Waals surface area contributed by atoms with Crippen molar-refractivity contribution >= 4 is 40.2 Å². The number of likely N-dealkylation sites (N-methyl/N-ethyl adjacent to an activating group) is 1. The predicted octanol–water partition coefficient (Wildman–Crippen LogP) is 2.57. The summed E-state index contributed by atoms with van der Waals surface area (Å²) in [6.45, 7) is 2.13. The molecule has 8 heteroatoms. The first kappa shape index (κ1) is 20.9. The van der Waals surface area contributed by atoms with Gasteiger partial charge in [-0.3, -0.25) is 14.4 Å². The van der Waals surface area contributed by atoms with Gasteiger partial charge in [-0.1, -0.05) is 41.9 Å². The van der Waals surface area contributed by atoms with Crippen LogP contribution in [0.5, 0.6) is 0 Å². The third kappa shape index (κ3) is 3.88. The lowest BCUT2D eigenvalue weighted by molar-refractivity contribution is -0.134. The number of carbonyl (C=O) groups is 3. The maximum Gasteiger partial charge on any atom is 0.271 e. The van der Waals surface area contributed by atoms with E-state index in [1.54, 1.807) is 26.1 Å². The Morgan fingerprint density at radius 2 is 1.87 bits per heavy atom. The Morgan fingerprint density at radius 3 is 2.65 bits per heavy atom. The molecule has 160 valence electrons. The van der Waals surface area contributed by atoms with Crippen LogP contribution in [0.25, 0.3) is 10.9 Å². The molecular weight excluding hydrogens is 416 g/mol. The molecule has 3 amide bonds. The lowest BCUT2D eigenvalue weighted by Crippen LogP contribution is -2.63. The molecule has 0 saturated heterocycles. The van der Waals surface area contributed by atoms with Crippen LogP contribution in [0.3, 0.4) is 0 Å². The molecule has 0 fully saturated rings. The molecule has 0 aliphatic carbocycles. The third-order valence-corrected chi connectivity index (χ3v) is 6.05. The molecule has 2 aromatic carbocycles. The van der Waals surface area contributed by atoms with E-state index in [1.165, 1.54) is 4.90 Å². The van der Waals surface area contributed by atoms with E-state index in [0.29, 0.717) is 23.8 Å². The van der Waals surface area contributed by atoms with E-state index in [-0.39, 0.29) is 24.3 Å². The third-order valence-electron chi connectivity index (χ3n) is 5.82. The van der Waals surface area contributed by atoms with Gasteiger partial charge in [-0.15, -0.1) is 0 Å². The van der Waals surface area contributed by atoms with Crippen molar-refractivity contribution in [3.63, 3.8) is 0 Å². The van der Waals surface area contributed by atoms with E-state index in [1.807, 2.05) is 47.0 Å². The summed E-state index contributed by atoms with van der Waals surface area (Å²) in [6.07, 6.45) is 0. The number of hydrogen-bond donors (Lipinski definition) is 2. The number of benzene rings is 2. The summed E-state index contributed by atoms with van der Waals surface area (Å²) in [7, 11) is 1.61. The smallest absolute Gasteiger partial charge is 0.271 e. The summed E-state index contributed by atoms with van der Waals surface area (Å²) in [5, 5.41) is 6.97. The second kappa shape index (κ2) is 8.07. The van der Waals surface area contributed by atoms with Gasteiger partial charge in [0.05, 0.1) is 13.1 Å². The summed E-state index contributed by atoms with van der Waals surface area (Å²) >= 11 is 5.95. The number of carbonyl (C=O) groups excluding carboxylic acids is 3. The quantitative estimate of drug-likeness (QED) is 0.642. The van der Waals surface area contributed by atoms with Gasteiger partial charge >= 0.3 is 0 Å². The normalized spacial score (nSPS) is 18.0. The number of hydrogen-bond acceptors (Lipinski definition) is 3. The molecule has 0 radical (unpaired) electrons. The van der Waals surface area contributed by atoms with Gasteiger partial charge in [0.1, 0.15) is 11.2 Å². The first-order chi connectivity index (χ1) is 14.8. The molecular formula is C23H23ClN4O3. The Morgan fingerprint density at radius 1 is 1.10 bits per heavy atom. The van der Waals surface area contributed by atoms with E-state index in [4.69, 9.17) is 11.6 Å². The molecule has 1 unspecified atom stereocenters. The number of halogens is 1. The first-order valence-corrected chi connectivity index (χ1v) is 10.3. The van der Waals surface area contributed by atoms with Gasteiger partial charge in [-0.2, -0.15) is 0 Å². The lowest BCUT2D eigenvalue weighted by atomic mass is 9.95. The Labute approximate surface area is 185 Å². The van der Waals surface area contributed by atoms with Crippen molar-refractivity contribution in [1.82, 2.24) is 20.1 Å². The lowest BCUT2D eigenvalue weighted by Gasteiger charge is -2.41. The largest absolute Gasteiger partial charge is 0.350 e. The van der Waals surface area contributed by atoms with Crippen LogP contribution in [0.15, 0.2) is 54.6 Å². The van der Waals surface area contributed by atoms with Crippen molar-refractivity contribution in [2.75, 3.05) is 13.6 Å². The van der Waals surface area contributed by atoms with Gasteiger partial charge in [0.25, 0.3) is 5.91 Å². The zero-order chi connectivity index (χ0) is 22.2. The minimum absolute atomic E-state index is 0.184. The van der Waals surface area contributed by atoms with Gasteiger partial charge in [0.2, 0.25) is 11.8 Å². The molecule has 2 N–H and O–H groups in total. The molecule has 1 atom stereocenters. The summed E-state index contributed by atoms with van der Waals surface area (Å²) in [6, 6.07) is 16.7. The maximum atomic E-state index is 13.1. The molecule has 4 rings (SSSR count). The molecule has 1 aromatic heterocycles. The summed E-state index contributed by atoms with van der Waals surface area (Å²) < 4.78 is 1.87. The van der Waals surface area contributed by atoms with E-state index in [0.717, 1.165) is 16.5 Å². The molecule has 31 heavy (non-hydrogen) atoms. The highest BCUT2D eigenvalue weighted by molar-refractivity contribution is 6.30. The van der Waals surface area contributed by atoms with Crippen molar-refractivity contribution in [3.8, 4) is 0 Å². The molecule has 7 nitrogen and oxygen atoms in total. The molecule has 1 aliphatic heterocycles. The fourth-order valence-corrected chi connectivity index (χ4v) is 4.07. The minimum Gasteiger partial charge on any atom is -0.350 e. The van der Waals surface area contributed by atoms with Crippen molar-refractivity contribution in [1.29, 1.82) is 0 Å². The van der Waals surface area contributed by atoms with Crippen molar-refractivity contribution in [2.24, 2.45) is 0 Å². The van der Waals surface area contributed by atoms with Gasteiger partial charge in [-0.25, -0.2) is 0 Å². The molecule has 0 saturated carbocycles. The van der Waals surface area contributed by atoms with Crippen LogP contribution >= 0.6 is 11.6 Å². The number of para-hydroxylation sites is 1. The van der Waals surface area contributed by atoms with Crippen LogP contribution in [0, 0.1) is 0 Å². The Hall–Kier alpha value is -3.32. The van der Waals surface area contributed by atoms with Crippen molar-refractivity contribution < 1.29 is 14.4 Å². The average Bonchev–Trinajstić information content (AvgIpc) is 3.13. The van der Waals surface area contributed by atoms with E-state index >= 15 is 0 Å². The SMILES string of the molecule is CN1C(=O)c2cc3ccccc3n2CC1(C)C(=O)NCC(=O)NCc1cccc(Cl)c1. The van der Waals surface area contributed by atoms with Gasteiger partial charge in [0.15, 0.2) is 0 Å². The number of fused-ring (bicyclic) bond motifs is 3. The predicted molar refractivity (Wildman–Crippen MR) is 119 cm³/mol. The fraction of sp³-hybridized carbons (Fsp3) is 0.261. The minimum atomic E-state index is -1.13. The average molecular weight is 439 g/mol. The van der Waals surface area contributed by atoms with Gasteiger partial charge in [0, 0.05) is 29.5 Å². The van der Waals surface area contributed by atoms with E-state index < -0.39 is 5.54 Å². The van der Waals surface area contributed by atoms with Crippen LogP contribution < -0.4 is 10.6 Å². The zero-order valence-electron chi connectivity index (χ0n) is 17.3.